The summed E-state index contributed by atoms with van der Waals surface area (Å²) in [7, 11) is 1.80. The van der Waals surface area contributed by atoms with Crippen molar-refractivity contribution in [2.75, 3.05) is 30.9 Å². The molecule has 0 unspecified atom stereocenters. The van der Waals surface area contributed by atoms with Crippen molar-refractivity contribution in [3.8, 4) is 11.8 Å². The second-order valence-corrected chi connectivity index (χ2v) is 7.06. The lowest BCUT2D eigenvalue weighted by molar-refractivity contribution is -0.117. The fourth-order valence-electron chi connectivity index (χ4n) is 3.47. The lowest BCUT2D eigenvalue weighted by Gasteiger charge is -2.10. The zero-order valence-electron chi connectivity index (χ0n) is 16.8. The minimum absolute atomic E-state index is 0.165. The summed E-state index contributed by atoms with van der Waals surface area (Å²) in [5, 5.41) is 16.0. The molecule has 0 fully saturated rings. The molecule has 5 rings (SSSR count). The maximum atomic E-state index is 12.3. The molecule has 0 saturated carbocycles. The van der Waals surface area contributed by atoms with Crippen LogP contribution in [0.1, 0.15) is 17.5 Å². The highest BCUT2D eigenvalue weighted by atomic mass is 16.5. The minimum atomic E-state index is -0.165. The molecule has 31 heavy (non-hydrogen) atoms. The van der Waals surface area contributed by atoms with Crippen LogP contribution < -0.4 is 10.6 Å². The predicted octanol–water partition coefficient (Wildman–Crippen LogP) is 2.17. The largest absolute Gasteiger partial charge is 0.379 e. The number of aromatic nitrogens is 5. The zero-order valence-corrected chi connectivity index (χ0v) is 16.8. The van der Waals surface area contributed by atoms with E-state index in [1.54, 1.807) is 24.1 Å². The third-order valence-electron chi connectivity index (χ3n) is 5.05. The van der Waals surface area contributed by atoms with Crippen molar-refractivity contribution >= 4 is 39.3 Å². The molecule has 0 spiro atoms. The number of hydrogen-bond donors (Lipinski definition) is 2. The van der Waals surface area contributed by atoms with Crippen LogP contribution in [0, 0.1) is 11.8 Å². The third-order valence-corrected chi connectivity index (χ3v) is 5.05. The number of benzene rings is 1. The monoisotopic (exact) mass is 413 g/mol. The average molecular weight is 413 g/mol. The summed E-state index contributed by atoms with van der Waals surface area (Å²) in [5.74, 6) is 7.42. The van der Waals surface area contributed by atoms with Crippen LogP contribution in [0.25, 0.3) is 21.8 Å². The van der Waals surface area contributed by atoms with Crippen molar-refractivity contribution in [2.45, 2.75) is 13.0 Å². The standard InChI is InChI=1S/C22H19N7O2/c1-23-22-17-13-24-20-11-16(17)15(12-25-22)4-2-14-3-5-18-19(10-14)29(28-27-18)7-9-31-8-6-21(30)26-20/h3,5,10-13H,6-9H2,1H3,(H,23,25)(H,24,26,30). The molecule has 154 valence electrons. The molecule has 0 radical (unpaired) electrons. The van der Waals surface area contributed by atoms with Gasteiger partial charge in [-0.1, -0.05) is 17.1 Å². The van der Waals surface area contributed by atoms with Gasteiger partial charge in [-0.15, -0.1) is 5.10 Å². The van der Waals surface area contributed by atoms with Crippen molar-refractivity contribution in [1.82, 2.24) is 25.0 Å². The van der Waals surface area contributed by atoms with Gasteiger partial charge < -0.3 is 15.4 Å². The number of nitrogens with zero attached hydrogens (tertiary/aromatic N) is 5. The van der Waals surface area contributed by atoms with Crippen LogP contribution >= 0.6 is 0 Å². The van der Waals surface area contributed by atoms with E-state index in [9.17, 15) is 4.79 Å². The first kappa shape index (κ1) is 19.0. The fourth-order valence-corrected chi connectivity index (χ4v) is 3.47. The summed E-state index contributed by atoms with van der Waals surface area (Å²) >= 11 is 0. The van der Waals surface area contributed by atoms with Gasteiger partial charge in [0.2, 0.25) is 5.91 Å². The van der Waals surface area contributed by atoms with Gasteiger partial charge in [0, 0.05) is 35.8 Å². The van der Waals surface area contributed by atoms with Crippen LogP contribution in [0.2, 0.25) is 0 Å². The molecule has 4 bridgehead atoms. The minimum Gasteiger partial charge on any atom is -0.379 e. The van der Waals surface area contributed by atoms with E-state index in [1.165, 1.54) is 0 Å². The van der Waals surface area contributed by atoms with Gasteiger partial charge in [0.15, 0.2) is 0 Å². The number of amides is 1. The number of carbonyl (C=O) groups excluding carboxylic acids is 1. The Bertz CT molecular complexity index is 1370. The number of rotatable bonds is 1. The molecule has 3 aromatic heterocycles. The fraction of sp³-hybridized carbons (Fsp3) is 0.227. The van der Waals surface area contributed by atoms with E-state index >= 15 is 0 Å². The Morgan fingerprint density at radius 3 is 2.97 bits per heavy atom. The highest BCUT2D eigenvalue weighted by molar-refractivity contribution is 5.98. The first-order valence-electron chi connectivity index (χ1n) is 9.90. The molecule has 0 saturated heterocycles. The summed E-state index contributed by atoms with van der Waals surface area (Å²) in [6.07, 6.45) is 3.64. The van der Waals surface area contributed by atoms with E-state index in [0.717, 1.165) is 32.9 Å². The Labute approximate surface area is 177 Å². The normalized spacial score (nSPS) is 14.3. The van der Waals surface area contributed by atoms with Gasteiger partial charge in [0.25, 0.3) is 0 Å². The van der Waals surface area contributed by atoms with Gasteiger partial charge in [0.05, 0.1) is 37.3 Å². The molecule has 1 amide bonds. The molecule has 9 heteroatoms. The van der Waals surface area contributed by atoms with Gasteiger partial charge in [-0.3, -0.25) is 4.79 Å². The SMILES string of the molecule is CNc1ncc2c3cc(ncc13)NC(=O)CCOCCn1nnc3ccc(cc31)C#C2. The Morgan fingerprint density at radius 1 is 1.13 bits per heavy atom. The summed E-state index contributed by atoms with van der Waals surface area (Å²) in [4.78, 5) is 21.1. The van der Waals surface area contributed by atoms with Crippen molar-refractivity contribution in [3.05, 3.63) is 47.8 Å². The number of carbonyl (C=O) groups is 1. The number of hydrogen-bond acceptors (Lipinski definition) is 7. The summed E-state index contributed by atoms with van der Waals surface area (Å²) in [6, 6.07) is 7.61. The van der Waals surface area contributed by atoms with Crippen LogP contribution in [-0.2, 0) is 16.1 Å². The molecule has 1 aliphatic rings. The Balaban J connectivity index is 1.66. The van der Waals surface area contributed by atoms with E-state index in [2.05, 4.69) is 42.8 Å². The number of ether oxygens (including phenoxy) is 1. The van der Waals surface area contributed by atoms with Crippen LogP contribution in [0.15, 0.2) is 36.7 Å². The van der Waals surface area contributed by atoms with Crippen molar-refractivity contribution in [1.29, 1.82) is 0 Å². The van der Waals surface area contributed by atoms with E-state index in [1.807, 2.05) is 24.3 Å². The highest BCUT2D eigenvalue weighted by Crippen LogP contribution is 2.25. The molecule has 4 aromatic rings. The highest BCUT2D eigenvalue weighted by Gasteiger charge is 2.11. The van der Waals surface area contributed by atoms with Crippen LogP contribution in [0.5, 0.6) is 0 Å². The van der Waals surface area contributed by atoms with Crippen LogP contribution in [-0.4, -0.2) is 51.1 Å². The molecule has 0 aliphatic carbocycles. The Morgan fingerprint density at radius 2 is 2.06 bits per heavy atom. The first-order chi connectivity index (χ1) is 15.2. The van der Waals surface area contributed by atoms with Crippen LogP contribution in [0.3, 0.4) is 0 Å². The van der Waals surface area contributed by atoms with E-state index in [-0.39, 0.29) is 12.3 Å². The second-order valence-electron chi connectivity index (χ2n) is 7.06. The van der Waals surface area contributed by atoms with E-state index in [4.69, 9.17) is 4.74 Å². The smallest absolute Gasteiger partial charge is 0.227 e. The number of fused-ring (bicyclic) bond motifs is 2. The van der Waals surface area contributed by atoms with Gasteiger partial charge in [0.1, 0.15) is 17.2 Å². The van der Waals surface area contributed by atoms with Gasteiger partial charge >= 0.3 is 0 Å². The summed E-state index contributed by atoms with van der Waals surface area (Å²) < 4.78 is 7.40. The molecule has 2 N–H and O–H groups in total. The molecule has 1 aliphatic heterocycles. The first-order valence-corrected chi connectivity index (χ1v) is 9.90. The number of nitrogens with one attached hydrogen (secondary N) is 2. The van der Waals surface area contributed by atoms with Gasteiger partial charge in [-0.25, -0.2) is 14.6 Å². The molecule has 4 heterocycles. The van der Waals surface area contributed by atoms with Crippen molar-refractivity contribution < 1.29 is 9.53 Å². The summed E-state index contributed by atoms with van der Waals surface area (Å²) in [5.41, 5.74) is 3.27. The maximum absolute atomic E-state index is 12.3. The van der Waals surface area contributed by atoms with E-state index in [0.29, 0.717) is 31.4 Å². The predicted molar refractivity (Wildman–Crippen MR) is 117 cm³/mol. The molecule has 9 nitrogen and oxygen atoms in total. The lowest BCUT2D eigenvalue weighted by atomic mass is 10.1. The van der Waals surface area contributed by atoms with Gasteiger partial charge in [-0.05, 0) is 24.3 Å². The van der Waals surface area contributed by atoms with Gasteiger partial charge in [-0.2, -0.15) is 0 Å². The maximum Gasteiger partial charge on any atom is 0.227 e. The third kappa shape index (κ3) is 3.76. The average Bonchev–Trinajstić information content (AvgIpc) is 3.18. The van der Waals surface area contributed by atoms with E-state index < -0.39 is 0 Å². The van der Waals surface area contributed by atoms with Crippen molar-refractivity contribution in [3.63, 3.8) is 0 Å². The molecule has 0 atom stereocenters. The zero-order chi connectivity index (χ0) is 21.2. The Kier molecular flexibility index (Phi) is 4.90. The van der Waals surface area contributed by atoms with Crippen molar-refractivity contribution in [2.24, 2.45) is 0 Å². The Hall–Kier alpha value is -4.03. The topological polar surface area (TPSA) is 107 Å². The second kappa shape index (κ2) is 8.01. The lowest BCUT2D eigenvalue weighted by Crippen LogP contribution is -2.16. The van der Waals surface area contributed by atoms with Crippen LogP contribution in [0.4, 0.5) is 11.6 Å². The molecule has 1 aromatic carbocycles. The molecular weight excluding hydrogens is 394 g/mol. The summed E-state index contributed by atoms with van der Waals surface area (Å²) in [6.45, 7) is 1.27. The number of pyridine rings is 2. The quantitative estimate of drug-likeness (QED) is 0.461. The number of anilines is 2. The molecular formula is C22H19N7O2.